The fourth-order valence-corrected chi connectivity index (χ4v) is 3.56. The summed E-state index contributed by atoms with van der Waals surface area (Å²) in [6.07, 6.45) is 2.73. The highest BCUT2D eigenvalue weighted by Gasteiger charge is 2.27. The number of amides is 1. The SMILES string of the molecule is C[C@H](C(=O)N1CCN(c2ncc3c(n2)CCOC3)CC1)c1ccccc1. The van der Waals surface area contributed by atoms with Crippen molar-refractivity contribution in [3.8, 4) is 0 Å². The van der Waals surface area contributed by atoms with E-state index in [9.17, 15) is 4.79 Å². The van der Waals surface area contributed by atoms with E-state index in [1.165, 1.54) is 0 Å². The molecule has 1 aromatic heterocycles. The van der Waals surface area contributed by atoms with Gasteiger partial charge in [-0.05, 0) is 12.5 Å². The lowest BCUT2D eigenvalue weighted by Gasteiger charge is -2.36. The van der Waals surface area contributed by atoms with Gasteiger partial charge in [0.1, 0.15) is 0 Å². The molecule has 2 aromatic rings. The van der Waals surface area contributed by atoms with Crippen LogP contribution in [0.25, 0.3) is 0 Å². The number of aromatic nitrogens is 2. The minimum absolute atomic E-state index is 0.109. The molecule has 0 saturated carbocycles. The van der Waals surface area contributed by atoms with Crippen LogP contribution in [0.4, 0.5) is 5.95 Å². The number of anilines is 1. The summed E-state index contributed by atoms with van der Waals surface area (Å²) in [6, 6.07) is 9.97. The molecule has 6 nitrogen and oxygen atoms in total. The molecule has 26 heavy (non-hydrogen) atoms. The van der Waals surface area contributed by atoms with Crippen molar-refractivity contribution in [2.75, 3.05) is 37.7 Å². The Labute approximate surface area is 153 Å². The smallest absolute Gasteiger partial charge is 0.229 e. The van der Waals surface area contributed by atoms with Crippen LogP contribution in [0.3, 0.4) is 0 Å². The molecule has 0 spiro atoms. The van der Waals surface area contributed by atoms with Crippen LogP contribution in [0.2, 0.25) is 0 Å². The zero-order valence-corrected chi connectivity index (χ0v) is 15.1. The van der Waals surface area contributed by atoms with Crippen molar-refractivity contribution in [2.24, 2.45) is 0 Å². The molecule has 2 aliphatic heterocycles. The van der Waals surface area contributed by atoms with E-state index >= 15 is 0 Å². The molecule has 136 valence electrons. The fraction of sp³-hybridized carbons (Fsp3) is 0.450. The number of ether oxygens (including phenoxy) is 1. The second kappa shape index (κ2) is 7.41. The van der Waals surface area contributed by atoms with E-state index in [4.69, 9.17) is 9.72 Å². The lowest BCUT2D eigenvalue weighted by atomic mass is 9.99. The van der Waals surface area contributed by atoms with Crippen molar-refractivity contribution in [1.29, 1.82) is 0 Å². The molecule has 1 aromatic carbocycles. The van der Waals surface area contributed by atoms with Crippen molar-refractivity contribution < 1.29 is 9.53 Å². The van der Waals surface area contributed by atoms with Crippen LogP contribution in [-0.2, 0) is 22.6 Å². The summed E-state index contributed by atoms with van der Waals surface area (Å²) in [5.41, 5.74) is 3.25. The lowest BCUT2D eigenvalue weighted by molar-refractivity contribution is -0.132. The molecule has 4 rings (SSSR count). The van der Waals surface area contributed by atoms with Crippen LogP contribution in [0.5, 0.6) is 0 Å². The van der Waals surface area contributed by atoms with E-state index in [-0.39, 0.29) is 11.8 Å². The minimum atomic E-state index is -0.109. The van der Waals surface area contributed by atoms with E-state index in [2.05, 4.69) is 9.88 Å². The first-order chi connectivity index (χ1) is 12.7. The Morgan fingerprint density at radius 1 is 1.15 bits per heavy atom. The van der Waals surface area contributed by atoms with Gasteiger partial charge < -0.3 is 14.5 Å². The highest BCUT2D eigenvalue weighted by molar-refractivity contribution is 5.83. The number of fused-ring (bicyclic) bond motifs is 1. The zero-order valence-electron chi connectivity index (χ0n) is 15.1. The third-order valence-corrected chi connectivity index (χ3v) is 5.23. The fourth-order valence-electron chi connectivity index (χ4n) is 3.56. The molecule has 1 amide bonds. The molecule has 0 aliphatic carbocycles. The van der Waals surface area contributed by atoms with E-state index in [0.29, 0.717) is 19.7 Å². The van der Waals surface area contributed by atoms with Gasteiger partial charge in [0.2, 0.25) is 11.9 Å². The molecule has 2 aliphatic rings. The summed E-state index contributed by atoms with van der Waals surface area (Å²) in [4.78, 5) is 26.1. The molecule has 3 heterocycles. The summed E-state index contributed by atoms with van der Waals surface area (Å²) in [5.74, 6) is 0.857. The Hall–Kier alpha value is -2.47. The number of hydrogen-bond donors (Lipinski definition) is 0. The highest BCUT2D eigenvalue weighted by atomic mass is 16.5. The van der Waals surface area contributed by atoms with Crippen LogP contribution in [0.15, 0.2) is 36.5 Å². The molecule has 0 radical (unpaired) electrons. The monoisotopic (exact) mass is 352 g/mol. The Morgan fingerprint density at radius 2 is 1.92 bits per heavy atom. The average molecular weight is 352 g/mol. The van der Waals surface area contributed by atoms with Crippen molar-refractivity contribution in [1.82, 2.24) is 14.9 Å². The van der Waals surface area contributed by atoms with Gasteiger partial charge in [-0.15, -0.1) is 0 Å². The molecule has 1 saturated heterocycles. The maximum atomic E-state index is 12.8. The first kappa shape index (κ1) is 17.0. The summed E-state index contributed by atoms with van der Waals surface area (Å²) in [6.45, 7) is 6.27. The Morgan fingerprint density at radius 3 is 2.69 bits per heavy atom. The number of rotatable bonds is 3. The van der Waals surface area contributed by atoms with Crippen molar-refractivity contribution in [3.05, 3.63) is 53.3 Å². The largest absolute Gasteiger partial charge is 0.376 e. The number of carbonyl (C=O) groups is 1. The first-order valence-electron chi connectivity index (χ1n) is 9.23. The van der Waals surface area contributed by atoms with Crippen LogP contribution in [-0.4, -0.2) is 53.6 Å². The Kier molecular flexibility index (Phi) is 4.84. The molecule has 1 atom stereocenters. The molecule has 6 heteroatoms. The van der Waals surface area contributed by atoms with Crippen molar-refractivity contribution in [2.45, 2.75) is 25.9 Å². The number of carbonyl (C=O) groups excluding carboxylic acids is 1. The summed E-state index contributed by atoms with van der Waals surface area (Å²) < 4.78 is 5.44. The number of benzene rings is 1. The van der Waals surface area contributed by atoms with Gasteiger partial charge >= 0.3 is 0 Å². The van der Waals surface area contributed by atoms with Crippen LogP contribution in [0, 0.1) is 0 Å². The van der Waals surface area contributed by atoms with Crippen LogP contribution >= 0.6 is 0 Å². The molecule has 0 N–H and O–H groups in total. The topological polar surface area (TPSA) is 58.6 Å². The van der Waals surface area contributed by atoms with E-state index in [1.807, 2.05) is 48.4 Å². The van der Waals surface area contributed by atoms with Crippen molar-refractivity contribution in [3.63, 3.8) is 0 Å². The predicted octanol–water partition coefficient (Wildman–Crippen LogP) is 2.00. The number of piperazine rings is 1. The van der Waals surface area contributed by atoms with Gasteiger partial charge in [0, 0.05) is 44.4 Å². The van der Waals surface area contributed by atoms with E-state index < -0.39 is 0 Å². The molecular formula is C20H24N4O2. The van der Waals surface area contributed by atoms with Crippen LogP contribution in [0.1, 0.15) is 29.7 Å². The van der Waals surface area contributed by atoms with Gasteiger partial charge in [-0.3, -0.25) is 4.79 Å². The lowest BCUT2D eigenvalue weighted by Crippen LogP contribution is -2.50. The van der Waals surface area contributed by atoms with Gasteiger partial charge in [-0.2, -0.15) is 0 Å². The average Bonchev–Trinajstić information content (AvgIpc) is 2.73. The Balaban J connectivity index is 1.39. The van der Waals surface area contributed by atoms with E-state index in [0.717, 1.165) is 48.9 Å². The maximum Gasteiger partial charge on any atom is 0.229 e. The quantitative estimate of drug-likeness (QED) is 0.846. The number of nitrogens with zero attached hydrogens (tertiary/aromatic N) is 4. The summed E-state index contributed by atoms with van der Waals surface area (Å²) in [7, 11) is 0. The number of hydrogen-bond acceptors (Lipinski definition) is 5. The van der Waals surface area contributed by atoms with Crippen LogP contribution < -0.4 is 4.90 Å². The maximum absolute atomic E-state index is 12.8. The van der Waals surface area contributed by atoms with Gasteiger partial charge in [0.15, 0.2) is 0 Å². The second-order valence-electron chi connectivity index (χ2n) is 6.89. The normalized spacial score (nSPS) is 18.3. The third kappa shape index (κ3) is 3.42. The van der Waals surface area contributed by atoms with Gasteiger partial charge in [0.05, 0.1) is 24.8 Å². The zero-order chi connectivity index (χ0) is 17.9. The van der Waals surface area contributed by atoms with Gasteiger partial charge in [-0.25, -0.2) is 9.97 Å². The third-order valence-electron chi connectivity index (χ3n) is 5.23. The van der Waals surface area contributed by atoms with Crippen molar-refractivity contribution >= 4 is 11.9 Å². The van der Waals surface area contributed by atoms with Gasteiger partial charge in [-0.1, -0.05) is 30.3 Å². The predicted molar refractivity (Wildman–Crippen MR) is 99.0 cm³/mol. The second-order valence-corrected chi connectivity index (χ2v) is 6.89. The summed E-state index contributed by atoms with van der Waals surface area (Å²) >= 11 is 0. The standard InChI is InChI=1S/C20H24N4O2/c1-15(16-5-3-2-4-6-16)19(25)23-8-10-24(11-9-23)20-21-13-17-14-26-12-7-18(17)22-20/h2-6,13,15H,7-12,14H2,1H3/t15-/m0/s1. The molecule has 1 fully saturated rings. The summed E-state index contributed by atoms with van der Waals surface area (Å²) in [5, 5.41) is 0. The first-order valence-corrected chi connectivity index (χ1v) is 9.23. The van der Waals surface area contributed by atoms with Gasteiger partial charge in [0.25, 0.3) is 0 Å². The highest BCUT2D eigenvalue weighted by Crippen LogP contribution is 2.21. The Bertz CT molecular complexity index is 773. The molecule has 0 bridgehead atoms. The van der Waals surface area contributed by atoms with E-state index in [1.54, 1.807) is 0 Å². The molecule has 0 unspecified atom stereocenters. The minimum Gasteiger partial charge on any atom is -0.376 e. The molecular weight excluding hydrogens is 328 g/mol.